The van der Waals surface area contributed by atoms with Crippen molar-refractivity contribution in [3.05, 3.63) is 63.6 Å². The van der Waals surface area contributed by atoms with Gasteiger partial charge in [-0.1, -0.05) is 47.0 Å². The van der Waals surface area contributed by atoms with Gasteiger partial charge in [-0.25, -0.2) is 8.42 Å². The summed E-state index contributed by atoms with van der Waals surface area (Å²) in [5.41, 5.74) is 1.41. The molecule has 0 aliphatic heterocycles. The molecule has 0 aromatic heterocycles. The summed E-state index contributed by atoms with van der Waals surface area (Å²) in [6.45, 7) is 1.84. The van der Waals surface area contributed by atoms with Gasteiger partial charge < -0.3 is 5.11 Å². The number of nitrogens with zero attached hydrogens (tertiary/aromatic N) is 1. The minimum atomic E-state index is -3.96. The van der Waals surface area contributed by atoms with Gasteiger partial charge in [0.2, 0.25) is 10.0 Å². The van der Waals surface area contributed by atoms with Crippen molar-refractivity contribution in [2.45, 2.75) is 24.3 Å². The Morgan fingerprint density at radius 2 is 1.76 bits per heavy atom. The quantitative estimate of drug-likeness (QED) is 0.801. The van der Waals surface area contributed by atoms with E-state index in [1.54, 1.807) is 24.3 Å². The molecule has 8 heteroatoms. The van der Waals surface area contributed by atoms with Gasteiger partial charge in [-0.2, -0.15) is 4.31 Å². The van der Waals surface area contributed by atoms with Crippen LogP contribution in [-0.2, 0) is 21.2 Å². The maximum Gasteiger partial charge on any atom is 0.322 e. The highest BCUT2D eigenvalue weighted by molar-refractivity contribution is 7.89. The number of hydrogen-bond donors (Lipinski definition) is 1. The second-order valence-electron chi connectivity index (χ2n) is 5.63. The van der Waals surface area contributed by atoms with Crippen LogP contribution in [-0.4, -0.2) is 36.9 Å². The minimum absolute atomic E-state index is 0.0362. The van der Waals surface area contributed by atoms with Crippen molar-refractivity contribution in [2.24, 2.45) is 0 Å². The van der Waals surface area contributed by atoms with E-state index in [-0.39, 0.29) is 11.3 Å². The van der Waals surface area contributed by atoms with Crippen LogP contribution in [0, 0.1) is 6.92 Å². The highest BCUT2D eigenvalue weighted by Crippen LogP contribution is 2.25. The molecular formula is C17H17Cl2NO4S. The summed E-state index contributed by atoms with van der Waals surface area (Å²) in [4.78, 5) is 11.7. The first-order valence-electron chi connectivity index (χ1n) is 7.34. The van der Waals surface area contributed by atoms with Gasteiger partial charge in [-0.3, -0.25) is 4.79 Å². The molecule has 5 nitrogen and oxygen atoms in total. The number of halogens is 2. The summed E-state index contributed by atoms with van der Waals surface area (Å²) in [5, 5.41) is 10.2. The summed E-state index contributed by atoms with van der Waals surface area (Å²) in [7, 11) is -2.71. The maximum absolute atomic E-state index is 12.7. The molecular weight excluding hydrogens is 385 g/mol. The number of aliphatic carboxylic acids is 1. The Morgan fingerprint density at radius 1 is 1.16 bits per heavy atom. The molecule has 134 valence electrons. The molecule has 0 bridgehead atoms. The van der Waals surface area contributed by atoms with Gasteiger partial charge in [0, 0.05) is 23.5 Å². The van der Waals surface area contributed by atoms with Crippen LogP contribution in [0.5, 0.6) is 0 Å². The van der Waals surface area contributed by atoms with Crippen LogP contribution < -0.4 is 0 Å². The molecule has 0 heterocycles. The number of carbonyl (C=O) groups is 1. The van der Waals surface area contributed by atoms with Gasteiger partial charge in [-0.15, -0.1) is 0 Å². The van der Waals surface area contributed by atoms with E-state index in [0.29, 0.717) is 15.6 Å². The van der Waals surface area contributed by atoms with Crippen molar-refractivity contribution in [1.29, 1.82) is 0 Å². The fourth-order valence-corrected chi connectivity index (χ4v) is 4.11. The molecule has 2 aromatic carbocycles. The number of aryl methyl sites for hydroxylation is 1. The van der Waals surface area contributed by atoms with Gasteiger partial charge in [0.25, 0.3) is 0 Å². The zero-order valence-electron chi connectivity index (χ0n) is 13.6. The average molecular weight is 402 g/mol. The van der Waals surface area contributed by atoms with Crippen molar-refractivity contribution in [3.8, 4) is 0 Å². The zero-order chi connectivity index (χ0) is 18.8. The smallest absolute Gasteiger partial charge is 0.322 e. The fraction of sp³-hybridized carbons (Fsp3) is 0.235. The van der Waals surface area contributed by atoms with Gasteiger partial charge >= 0.3 is 5.97 Å². The Balaban J connectivity index is 2.35. The van der Waals surface area contributed by atoms with Crippen LogP contribution in [0.25, 0.3) is 0 Å². The maximum atomic E-state index is 12.7. The van der Waals surface area contributed by atoms with E-state index < -0.39 is 22.0 Å². The molecule has 1 N–H and O–H groups in total. The number of sulfonamides is 1. The van der Waals surface area contributed by atoms with Gasteiger partial charge in [0.15, 0.2) is 0 Å². The third kappa shape index (κ3) is 4.52. The topological polar surface area (TPSA) is 74.7 Å². The fourth-order valence-electron chi connectivity index (χ4n) is 2.31. The van der Waals surface area contributed by atoms with Gasteiger partial charge in [0.05, 0.1) is 4.90 Å². The summed E-state index contributed by atoms with van der Waals surface area (Å²) in [5.74, 6) is -1.26. The lowest BCUT2D eigenvalue weighted by Crippen LogP contribution is -2.43. The molecule has 0 saturated heterocycles. The Bertz CT molecular complexity index is 882. The third-order valence-corrected chi connectivity index (χ3v) is 6.32. The highest BCUT2D eigenvalue weighted by atomic mass is 35.5. The van der Waals surface area contributed by atoms with Crippen molar-refractivity contribution < 1.29 is 18.3 Å². The van der Waals surface area contributed by atoms with Crippen molar-refractivity contribution in [1.82, 2.24) is 4.31 Å². The van der Waals surface area contributed by atoms with E-state index in [2.05, 4.69) is 0 Å². The second kappa shape index (κ2) is 7.74. The van der Waals surface area contributed by atoms with E-state index in [0.717, 1.165) is 9.87 Å². The van der Waals surface area contributed by atoms with Gasteiger partial charge in [0.1, 0.15) is 6.04 Å². The van der Waals surface area contributed by atoms with Crippen molar-refractivity contribution >= 4 is 39.2 Å². The van der Waals surface area contributed by atoms with Crippen LogP contribution in [0.1, 0.15) is 11.1 Å². The second-order valence-corrected chi connectivity index (χ2v) is 8.47. The number of rotatable bonds is 6. The molecule has 0 aliphatic carbocycles. The predicted molar refractivity (Wildman–Crippen MR) is 97.7 cm³/mol. The first kappa shape index (κ1) is 19.7. The third-order valence-electron chi connectivity index (χ3n) is 3.85. The van der Waals surface area contributed by atoms with E-state index >= 15 is 0 Å². The Hall–Kier alpha value is -1.60. The number of carboxylic acids is 1. The Kier molecular flexibility index (Phi) is 6.11. The predicted octanol–water partition coefficient (Wildman–Crippen LogP) is 3.62. The largest absolute Gasteiger partial charge is 0.480 e. The van der Waals surface area contributed by atoms with E-state index in [4.69, 9.17) is 23.2 Å². The van der Waals surface area contributed by atoms with E-state index in [9.17, 15) is 18.3 Å². The van der Waals surface area contributed by atoms with Crippen LogP contribution in [0.15, 0.2) is 47.4 Å². The lowest BCUT2D eigenvalue weighted by atomic mass is 10.1. The van der Waals surface area contributed by atoms with Crippen molar-refractivity contribution in [3.63, 3.8) is 0 Å². The molecule has 1 atom stereocenters. The molecule has 2 aromatic rings. The summed E-state index contributed by atoms with van der Waals surface area (Å²) >= 11 is 11.9. The Labute approximate surface area is 156 Å². The normalized spacial score (nSPS) is 13.0. The molecule has 0 saturated carbocycles. The SMILES string of the molecule is Cc1ccc(S(=O)(=O)N(C)[C@@H](Cc2ccc(Cl)cc2Cl)C(=O)O)cc1. The first-order valence-corrected chi connectivity index (χ1v) is 9.54. The number of likely N-dealkylation sites (N-methyl/N-ethyl adjacent to an activating group) is 1. The molecule has 25 heavy (non-hydrogen) atoms. The van der Waals surface area contributed by atoms with Crippen LogP contribution in [0.4, 0.5) is 0 Å². The number of benzene rings is 2. The van der Waals surface area contributed by atoms with Crippen LogP contribution in [0.3, 0.4) is 0 Å². The molecule has 0 aliphatic rings. The summed E-state index contributed by atoms with van der Waals surface area (Å²) in [6.07, 6.45) is -0.0765. The molecule has 0 radical (unpaired) electrons. The molecule has 0 amide bonds. The summed E-state index contributed by atoms with van der Waals surface area (Å²) in [6, 6.07) is 9.59. The van der Waals surface area contributed by atoms with Crippen LogP contribution in [0.2, 0.25) is 10.0 Å². The molecule has 2 rings (SSSR count). The highest BCUT2D eigenvalue weighted by Gasteiger charge is 2.33. The Morgan fingerprint density at radius 3 is 2.28 bits per heavy atom. The average Bonchev–Trinajstić information content (AvgIpc) is 2.53. The number of carboxylic acid groups (broad SMARTS) is 1. The standard InChI is InChI=1S/C17H17Cl2NO4S/c1-11-3-7-14(8-4-11)25(23,24)20(2)16(17(21)22)9-12-5-6-13(18)10-15(12)19/h3-8,10,16H,9H2,1-2H3,(H,21,22)/t16-/m0/s1. The zero-order valence-corrected chi connectivity index (χ0v) is 15.9. The van der Waals surface area contributed by atoms with Crippen LogP contribution >= 0.6 is 23.2 Å². The molecule has 0 fully saturated rings. The van der Waals surface area contributed by atoms with E-state index in [1.807, 2.05) is 6.92 Å². The molecule has 0 spiro atoms. The minimum Gasteiger partial charge on any atom is -0.480 e. The summed E-state index contributed by atoms with van der Waals surface area (Å²) < 4.78 is 26.3. The lowest BCUT2D eigenvalue weighted by Gasteiger charge is -2.24. The van der Waals surface area contributed by atoms with E-state index in [1.165, 1.54) is 25.2 Å². The number of hydrogen-bond acceptors (Lipinski definition) is 3. The monoisotopic (exact) mass is 401 g/mol. The first-order chi connectivity index (χ1) is 11.6. The van der Waals surface area contributed by atoms with Crippen molar-refractivity contribution in [2.75, 3.05) is 7.05 Å². The molecule has 0 unspecified atom stereocenters. The lowest BCUT2D eigenvalue weighted by molar-refractivity contribution is -0.141. The van der Waals surface area contributed by atoms with Gasteiger partial charge in [-0.05, 0) is 36.8 Å².